The van der Waals surface area contributed by atoms with E-state index in [4.69, 9.17) is 10.2 Å². The lowest BCUT2D eigenvalue weighted by Gasteiger charge is -2.28. The second-order valence-corrected chi connectivity index (χ2v) is 3.38. The smallest absolute Gasteiger partial charge is 0.343 e. The quantitative estimate of drug-likeness (QED) is 0.660. The van der Waals surface area contributed by atoms with Crippen LogP contribution in [0, 0.1) is 0 Å². The van der Waals surface area contributed by atoms with Gasteiger partial charge in [-0.2, -0.15) is 5.10 Å². The zero-order chi connectivity index (χ0) is 11.6. The highest BCUT2D eigenvalue weighted by atomic mass is 16.4. The second kappa shape index (κ2) is 3.88. The van der Waals surface area contributed by atoms with E-state index in [1.54, 1.807) is 6.92 Å². The lowest BCUT2D eigenvalue weighted by atomic mass is 9.92. The van der Waals surface area contributed by atoms with E-state index in [0.29, 0.717) is 12.1 Å². The summed E-state index contributed by atoms with van der Waals surface area (Å²) in [7, 11) is 0. The molecular formula is C9H14N2O4. The maximum atomic E-state index is 11.1. The van der Waals surface area contributed by atoms with Gasteiger partial charge in [-0.05, 0) is 13.3 Å². The summed E-state index contributed by atoms with van der Waals surface area (Å²) >= 11 is 0. The minimum atomic E-state index is -1.90. The number of carboxylic acid groups (broad SMARTS) is 2. The molecule has 15 heavy (non-hydrogen) atoms. The first-order valence-electron chi connectivity index (χ1n) is 4.79. The third-order valence-electron chi connectivity index (χ3n) is 2.58. The van der Waals surface area contributed by atoms with Crippen LogP contribution in [0.2, 0.25) is 0 Å². The first-order valence-corrected chi connectivity index (χ1v) is 4.79. The van der Waals surface area contributed by atoms with Gasteiger partial charge in [-0.3, -0.25) is 5.01 Å². The van der Waals surface area contributed by atoms with Crippen LogP contribution >= 0.6 is 0 Å². The van der Waals surface area contributed by atoms with Crippen LogP contribution in [-0.4, -0.2) is 45.0 Å². The highest BCUT2D eigenvalue weighted by molar-refractivity contribution is 6.09. The van der Waals surface area contributed by atoms with Gasteiger partial charge in [0.2, 0.25) is 0 Å². The maximum Gasteiger partial charge on any atom is 0.343 e. The first kappa shape index (κ1) is 11.5. The van der Waals surface area contributed by atoms with Gasteiger partial charge in [-0.15, -0.1) is 0 Å². The van der Waals surface area contributed by atoms with Crippen molar-refractivity contribution in [3.8, 4) is 0 Å². The molecule has 0 aromatic carbocycles. The molecule has 0 saturated carbocycles. The standard InChI is InChI=1S/C9H14N2O4/c1-3-6-5-9(7(12)13,8(14)15)11(4-2)10-6/h3-5H2,1-2H3,(H,12,13)(H,14,15). The SMILES string of the molecule is CCC1=NN(CC)C(C(=O)O)(C(=O)O)C1. The van der Waals surface area contributed by atoms with Crippen LogP contribution in [0.5, 0.6) is 0 Å². The molecule has 84 valence electrons. The molecule has 1 aliphatic rings. The lowest BCUT2D eigenvalue weighted by molar-refractivity contribution is -0.166. The fourth-order valence-corrected chi connectivity index (χ4v) is 1.68. The Bertz CT molecular complexity index is 310. The third-order valence-corrected chi connectivity index (χ3v) is 2.58. The molecule has 1 heterocycles. The summed E-state index contributed by atoms with van der Waals surface area (Å²) in [6.07, 6.45) is 0.529. The van der Waals surface area contributed by atoms with E-state index < -0.39 is 17.5 Å². The molecule has 0 aliphatic carbocycles. The Hall–Kier alpha value is -1.59. The average Bonchev–Trinajstić information content (AvgIpc) is 2.57. The van der Waals surface area contributed by atoms with Crippen molar-refractivity contribution in [1.29, 1.82) is 0 Å². The molecule has 0 bridgehead atoms. The number of hydrogen-bond donors (Lipinski definition) is 2. The summed E-state index contributed by atoms with van der Waals surface area (Å²) in [6, 6.07) is 0. The van der Waals surface area contributed by atoms with Crippen molar-refractivity contribution in [2.24, 2.45) is 5.10 Å². The fourth-order valence-electron chi connectivity index (χ4n) is 1.68. The number of aliphatic carboxylic acids is 2. The van der Waals surface area contributed by atoms with Gasteiger partial charge >= 0.3 is 11.9 Å². The zero-order valence-electron chi connectivity index (χ0n) is 8.73. The van der Waals surface area contributed by atoms with Gasteiger partial charge in [0, 0.05) is 18.7 Å². The topological polar surface area (TPSA) is 90.2 Å². The maximum absolute atomic E-state index is 11.1. The summed E-state index contributed by atoms with van der Waals surface area (Å²) < 4.78 is 0. The minimum Gasteiger partial charge on any atom is -0.479 e. The molecule has 1 rings (SSSR count). The molecular weight excluding hydrogens is 200 g/mol. The number of rotatable bonds is 4. The number of hydrogen-bond acceptors (Lipinski definition) is 4. The summed E-state index contributed by atoms with van der Waals surface area (Å²) in [5, 5.41) is 23.3. The molecule has 0 amide bonds. The van der Waals surface area contributed by atoms with E-state index in [1.807, 2.05) is 6.92 Å². The highest BCUT2D eigenvalue weighted by Crippen LogP contribution is 2.29. The zero-order valence-corrected chi connectivity index (χ0v) is 8.73. The molecule has 0 saturated heterocycles. The van der Waals surface area contributed by atoms with Gasteiger partial charge in [0.25, 0.3) is 5.54 Å². The normalized spacial score (nSPS) is 18.8. The lowest BCUT2D eigenvalue weighted by Crippen LogP contribution is -2.56. The van der Waals surface area contributed by atoms with Crippen molar-refractivity contribution in [2.45, 2.75) is 32.2 Å². The number of nitrogens with zero attached hydrogens (tertiary/aromatic N) is 2. The molecule has 0 spiro atoms. The molecule has 0 atom stereocenters. The molecule has 0 unspecified atom stereocenters. The molecule has 2 N–H and O–H groups in total. The van der Waals surface area contributed by atoms with E-state index in [1.165, 1.54) is 0 Å². The average molecular weight is 214 g/mol. The molecule has 0 aromatic rings. The largest absolute Gasteiger partial charge is 0.479 e. The Morgan fingerprint density at radius 3 is 2.20 bits per heavy atom. The molecule has 0 fully saturated rings. The van der Waals surface area contributed by atoms with Gasteiger partial charge in [0.05, 0.1) is 0 Å². The minimum absolute atomic E-state index is 0.0397. The predicted molar refractivity (Wildman–Crippen MR) is 52.7 cm³/mol. The van der Waals surface area contributed by atoms with Crippen molar-refractivity contribution in [3.05, 3.63) is 0 Å². The molecule has 1 aliphatic heterocycles. The van der Waals surface area contributed by atoms with Crippen LogP contribution in [0.25, 0.3) is 0 Å². The Morgan fingerprint density at radius 1 is 1.40 bits per heavy atom. The number of hydrazone groups is 1. The highest BCUT2D eigenvalue weighted by Gasteiger charge is 2.55. The van der Waals surface area contributed by atoms with Crippen molar-refractivity contribution in [1.82, 2.24) is 5.01 Å². The Morgan fingerprint density at radius 2 is 1.93 bits per heavy atom. The monoisotopic (exact) mass is 214 g/mol. The van der Waals surface area contributed by atoms with Gasteiger partial charge in [-0.25, -0.2) is 9.59 Å². The number of likely N-dealkylation sites (N-methyl/N-ethyl adjacent to an activating group) is 1. The summed E-state index contributed by atoms with van der Waals surface area (Å²) in [4.78, 5) is 22.2. The van der Waals surface area contributed by atoms with E-state index in [9.17, 15) is 9.59 Å². The van der Waals surface area contributed by atoms with E-state index in [-0.39, 0.29) is 13.0 Å². The van der Waals surface area contributed by atoms with Crippen molar-refractivity contribution in [2.75, 3.05) is 6.54 Å². The Balaban J connectivity index is 3.12. The van der Waals surface area contributed by atoms with Gasteiger partial charge in [0.15, 0.2) is 0 Å². The summed E-state index contributed by atoms with van der Waals surface area (Å²) in [5.74, 6) is -2.71. The van der Waals surface area contributed by atoms with E-state index in [2.05, 4.69) is 5.10 Å². The molecule has 0 radical (unpaired) electrons. The third kappa shape index (κ3) is 1.55. The summed E-state index contributed by atoms with van der Waals surface area (Å²) in [6.45, 7) is 3.78. The van der Waals surface area contributed by atoms with Gasteiger partial charge in [-0.1, -0.05) is 6.92 Å². The summed E-state index contributed by atoms with van der Waals surface area (Å²) in [5.41, 5.74) is -1.29. The first-order chi connectivity index (χ1) is 6.98. The number of carbonyl (C=O) groups is 2. The van der Waals surface area contributed by atoms with Crippen molar-refractivity contribution >= 4 is 17.7 Å². The van der Waals surface area contributed by atoms with Crippen LogP contribution in [0.4, 0.5) is 0 Å². The van der Waals surface area contributed by atoms with Crippen molar-refractivity contribution in [3.63, 3.8) is 0 Å². The molecule has 6 heteroatoms. The van der Waals surface area contributed by atoms with E-state index >= 15 is 0 Å². The van der Waals surface area contributed by atoms with Gasteiger partial charge < -0.3 is 10.2 Å². The molecule has 0 aromatic heterocycles. The van der Waals surface area contributed by atoms with E-state index in [0.717, 1.165) is 5.01 Å². The van der Waals surface area contributed by atoms with Crippen LogP contribution in [0.15, 0.2) is 5.10 Å². The number of carboxylic acids is 2. The Labute approximate surface area is 87.2 Å². The van der Waals surface area contributed by atoms with Gasteiger partial charge in [0.1, 0.15) is 0 Å². The van der Waals surface area contributed by atoms with Crippen LogP contribution < -0.4 is 0 Å². The van der Waals surface area contributed by atoms with Crippen LogP contribution in [-0.2, 0) is 9.59 Å². The van der Waals surface area contributed by atoms with Crippen LogP contribution in [0.1, 0.15) is 26.7 Å². The second-order valence-electron chi connectivity index (χ2n) is 3.38. The fraction of sp³-hybridized carbons (Fsp3) is 0.667. The predicted octanol–water partition coefficient (Wildman–Crippen LogP) is 0.386. The van der Waals surface area contributed by atoms with Crippen LogP contribution in [0.3, 0.4) is 0 Å². The molecule has 6 nitrogen and oxygen atoms in total. The van der Waals surface area contributed by atoms with Crippen molar-refractivity contribution < 1.29 is 19.8 Å². The Kier molecular flexibility index (Phi) is 2.97.